The molecule has 2 N–H and O–H groups in total. The van der Waals surface area contributed by atoms with E-state index in [2.05, 4.69) is 70.5 Å². The third-order valence-corrected chi connectivity index (χ3v) is 6.76. The molecule has 6 heteroatoms. The molecule has 6 nitrogen and oxygen atoms in total. The first kappa shape index (κ1) is 24.3. The molecule has 2 aromatic rings. The average molecular weight is 440 g/mol. The van der Waals surface area contributed by atoms with Crippen LogP contribution >= 0.6 is 0 Å². The molecule has 0 radical (unpaired) electrons. The van der Waals surface area contributed by atoms with Crippen molar-refractivity contribution in [3.8, 4) is 0 Å². The Morgan fingerprint density at radius 1 is 1.16 bits per heavy atom. The van der Waals surface area contributed by atoms with Gasteiger partial charge in [-0.25, -0.2) is 4.98 Å². The molecular weight excluding hydrogens is 398 g/mol. The first-order chi connectivity index (χ1) is 15.3. The number of hydrogen-bond donors (Lipinski definition) is 2. The van der Waals surface area contributed by atoms with E-state index < -0.39 is 0 Å². The standard InChI is InChI=1S/C26H41N5O/c1-7-21-8-10-23(11-9-21)26(4,5)18-29-25(27-6)28-16-22-12-14-31(15-13-22)17-24-30-19(2)20(3)32-24/h8-11,22H,7,12-18H2,1-6H3,(H2,27,28,29). The minimum absolute atomic E-state index is 0.0336. The van der Waals surface area contributed by atoms with Crippen molar-refractivity contribution in [1.29, 1.82) is 0 Å². The number of rotatable bonds is 8. The highest BCUT2D eigenvalue weighted by atomic mass is 16.4. The molecule has 1 aromatic carbocycles. The van der Waals surface area contributed by atoms with Crippen molar-refractivity contribution < 1.29 is 4.42 Å². The van der Waals surface area contributed by atoms with E-state index in [-0.39, 0.29) is 5.41 Å². The summed E-state index contributed by atoms with van der Waals surface area (Å²) in [4.78, 5) is 11.4. The van der Waals surface area contributed by atoms with Crippen LogP contribution < -0.4 is 10.6 Å². The van der Waals surface area contributed by atoms with Gasteiger partial charge in [-0.05, 0) is 63.2 Å². The molecule has 2 heterocycles. The van der Waals surface area contributed by atoms with Gasteiger partial charge in [0.25, 0.3) is 0 Å². The monoisotopic (exact) mass is 439 g/mol. The van der Waals surface area contributed by atoms with Crippen LogP contribution in [0.5, 0.6) is 0 Å². The number of guanidine groups is 1. The van der Waals surface area contributed by atoms with Crippen molar-refractivity contribution in [3.63, 3.8) is 0 Å². The third-order valence-electron chi connectivity index (χ3n) is 6.76. The molecule has 0 bridgehead atoms. The molecule has 0 saturated carbocycles. The number of aliphatic imine (C=N–C) groups is 1. The minimum atomic E-state index is 0.0336. The van der Waals surface area contributed by atoms with Gasteiger partial charge in [0.1, 0.15) is 5.76 Å². The van der Waals surface area contributed by atoms with Crippen LogP contribution in [-0.2, 0) is 18.4 Å². The number of nitrogens with zero attached hydrogens (tertiary/aromatic N) is 3. The maximum atomic E-state index is 5.75. The summed E-state index contributed by atoms with van der Waals surface area (Å²) in [5.74, 6) is 3.32. The Hall–Kier alpha value is -2.34. The van der Waals surface area contributed by atoms with E-state index in [9.17, 15) is 0 Å². The SMILES string of the molecule is CCc1ccc(C(C)(C)CNC(=NC)NCC2CCN(Cc3nc(C)c(C)o3)CC2)cc1. The Bertz CT molecular complexity index is 857. The molecule has 0 amide bonds. The van der Waals surface area contributed by atoms with Gasteiger partial charge in [0, 0.05) is 25.6 Å². The Balaban J connectivity index is 1.40. The van der Waals surface area contributed by atoms with Gasteiger partial charge in [-0.15, -0.1) is 0 Å². The fourth-order valence-electron chi connectivity index (χ4n) is 4.21. The molecule has 0 aliphatic carbocycles. The van der Waals surface area contributed by atoms with E-state index in [1.165, 1.54) is 24.0 Å². The summed E-state index contributed by atoms with van der Waals surface area (Å²) in [6.07, 6.45) is 3.43. The van der Waals surface area contributed by atoms with Crippen LogP contribution in [0.2, 0.25) is 0 Å². The minimum Gasteiger partial charge on any atom is -0.444 e. The molecule has 1 aliphatic heterocycles. The second-order valence-electron chi connectivity index (χ2n) is 9.71. The quantitative estimate of drug-likeness (QED) is 0.476. The van der Waals surface area contributed by atoms with Crippen molar-refractivity contribution in [2.45, 2.75) is 65.8 Å². The second kappa shape index (κ2) is 11.0. The third kappa shape index (κ3) is 6.58. The summed E-state index contributed by atoms with van der Waals surface area (Å²) < 4.78 is 5.75. The Kier molecular flexibility index (Phi) is 8.35. The Morgan fingerprint density at radius 3 is 2.41 bits per heavy atom. The van der Waals surface area contributed by atoms with Crippen LogP contribution in [-0.4, -0.2) is 49.1 Å². The Morgan fingerprint density at radius 2 is 1.84 bits per heavy atom. The van der Waals surface area contributed by atoms with Gasteiger partial charge in [-0.2, -0.15) is 0 Å². The molecule has 1 saturated heterocycles. The fraction of sp³-hybridized carbons (Fsp3) is 0.615. The Labute approximate surface area is 193 Å². The molecule has 176 valence electrons. The zero-order chi connectivity index (χ0) is 23.1. The van der Waals surface area contributed by atoms with Gasteiger partial charge >= 0.3 is 0 Å². The van der Waals surface area contributed by atoms with E-state index in [0.29, 0.717) is 5.92 Å². The summed E-state index contributed by atoms with van der Waals surface area (Å²) in [5, 5.41) is 7.08. The maximum absolute atomic E-state index is 5.75. The van der Waals surface area contributed by atoms with Crippen LogP contribution in [0.15, 0.2) is 33.7 Å². The van der Waals surface area contributed by atoms with Crippen molar-refractivity contribution in [1.82, 2.24) is 20.5 Å². The van der Waals surface area contributed by atoms with E-state index in [0.717, 1.165) is 62.4 Å². The predicted octanol–water partition coefficient (Wildman–Crippen LogP) is 4.21. The van der Waals surface area contributed by atoms with Gasteiger partial charge < -0.3 is 15.1 Å². The lowest BCUT2D eigenvalue weighted by molar-refractivity contribution is 0.164. The summed E-state index contributed by atoms with van der Waals surface area (Å²) in [7, 11) is 1.85. The number of aromatic nitrogens is 1. The average Bonchev–Trinajstić information content (AvgIpc) is 3.11. The number of oxazole rings is 1. The van der Waals surface area contributed by atoms with E-state index in [1.54, 1.807) is 0 Å². The largest absolute Gasteiger partial charge is 0.444 e. The molecule has 1 fully saturated rings. The topological polar surface area (TPSA) is 65.7 Å². The number of nitrogens with one attached hydrogen (secondary N) is 2. The smallest absolute Gasteiger partial charge is 0.208 e. The molecule has 0 unspecified atom stereocenters. The van der Waals surface area contributed by atoms with E-state index >= 15 is 0 Å². The first-order valence-corrected chi connectivity index (χ1v) is 12.0. The molecular formula is C26H41N5O. The predicted molar refractivity (Wildman–Crippen MR) is 132 cm³/mol. The van der Waals surface area contributed by atoms with E-state index in [1.807, 2.05) is 20.9 Å². The number of piperidine rings is 1. The molecule has 3 rings (SSSR count). The molecule has 0 atom stereocenters. The lowest BCUT2D eigenvalue weighted by Gasteiger charge is -2.32. The lowest BCUT2D eigenvalue weighted by Crippen LogP contribution is -2.46. The summed E-state index contributed by atoms with van der Waals surface area (Å²) in [6, 6.07) is 8.98. The highest BCUT2D eigenvalue weighted by Gasteiger charge is 2.23. The molecule has 1 aliphatic rings. The number of benzene rings is 1. The van der Waals surface area contributed by atoms with Gasteiger partial charge in [0.15, 0.2) is 5.96 Å². The van der Waals surface area contributed by atoms with Crippen molar-refractivity contribution in [2.75, 3.05) is 33.2 Å². The van der Waals surface area contributed by atoms with Crippen LogP contribution in [0, 0.1) is 19.8 Å². The van der Waals surface area contributed by atoms with Crippen LogP contribution in [0.4, 0.5) is 0 Å². The first-order valence-electron chi connectivity index (χ1n) is 12.0. The van der Waals surface area contributed by atoms with Crippen molar-refractivity contribution >= 4 is 5.96 Å². The van der Waals surface area contributed by atoms with Gasteiger partial charge in [0.05, 0.1) is 12.2 Å². The number of hydrogen-bond acceptors (Lipinski definition) is 4. The van der Waals surface area contributed by atoms with Gasteiger partial charge in [-0.3, -0.25) is 9.89 Å². The molecule has 32 heavy (non-hydrogen) atoms. The van der Waals surface area contributed by atoms with Crippen molar-refractivity contribution in [3.05, 3.63) is 52.7 Å². The molecule has 0 spiro atoms. The lowest BCUT2D eigenvalue weighted by atomic mass is 9.84. The van der Waals surface area contributed by atoms with Gasteiger partial charge in [-0.1, -0.05) is 45.0 Å². The summed E-state index contributed by atoms with van der Waals surface area (Å²) in [5.41, 5.74) is 3.76. The normalized spacial score (nSPS) is 16.4. The van der Waals surface area contributed by atoms with Crippen LogP contribution in [0.3, 0.4) is 0 Å². The zero-order valence-corrected chi connectivity index (χ0v) is 20.8. The zero-order valence-electron chi connectivity index (χ0n) is 20.8. The van der Waals surface area contributed by atoms with Crippen LogP contribution in [0.25, 0.3) is 0 Å². The van der Waals surface area contributed by atoms with Gasteiger partial charge in [0.2, 0.25) is 5.89 Å². The number of aryl methyl sites for hydroxylation is 3. The number of likely N-dealkylation sites (tertiary alicyclic amines) is 1. The second-order valence-corrected chi connectivity index (χ2v) is 9.71. The maximum Gasteiger partial charge on any atom is 0.208 e. The highest BCUT2D eigenvalue weighted by Crippen LogP contribution is 2.23. The summed E-state index contributed by atoms with van der Waals surface area (Å²) >= 11 is 0. The fourth-order valence-corrected chi connectivity index (χ4v) is 4.21. The summed E-state index contributed by atoms with van der Waals surface area (Å²) in [6.45, 7) is 15.5. The highest BCUT2D eigenvalue weighted by molar-refractivity contribution is 5.79. The molecule has 1 aromatic heterocycles. The van der Waals surface area contributed by atoms with Crippen LogP contribution in [0.1, 0.15) is 62.1 Å². The van der Waals surface area contributed by atoms with Crippen molar-refractivity contribution in [2.24, 2.45) is 10.9 Å². The van der Waals surface area contributed by atoms with E-state index in [4.69, 9.17) is 4.42 Å².